The second-order valence-electron chi connectivity index (χ2n) is 4.21. The number of aliphatic hydroxyl groups excluding tert-OH is 1. The Morgan fingerprint density at radius 2 is 1.74 bits per heavy atom. The maximum Gasteiger partial charge on any atom is 0.287 e. The van der Waals surface area contributed by atoms with Crippen LogP contribution in [0.4, 0.5) is 20.4 Å². The molecule has 5 nitrogen and oxygen atoms in total. The molecule has 108 valence electrons. The van der Waals surface area contributed by atoms with Crippen LogP contribution in [0, 0.1) is 6.92 Å². The average Bonchev–Trinajstić information content (AvgIpc) is 2.40. The molecule has 0 aliphatic heterocycles. The standard InChI is InChI=1S/C12H20F2N4O/c1-4-9-17-10(15-5-2)8(3)11(18-9)16-6-12(13,14)7-19/h19H,4-7H2,1-3H3,(H2,15,16,17,18). The molecule has 1 heterocycles. The van der Waals surface area contributed by atoms with Gasteiger partial charge in [0, 0.05) is 18.5 Å². The van der Waals surface area contributed by atoms with E-state index in [2.05, 4.69) is 20.6 Å². The molecule has 0 amide bonds. The number of rotatable bonds is 7. The lowest BCUT2D eigenvalue weighted by molar-refractivity contribution is -0.0373. The zero-order chi connectivity index (χ0) is 14.5. The van der Waals surface area contributed by atoms with E-state index in [1.165, 1.54) is 0 Å². The Morgan fingerprint density at radius 3 is 2.21 bits per heavy atom. The number of hydrogen-bond acceptors (Lipinski definition) is 5. The van der Waals surface area contributed by atoms with Crippen molar-refractivity contribution >= 4 is 11.6 Å². The van der Waals surface area contributed by atoms with E-state index in [4.69, 9.17) is 5.11 Å². The summed E-state index contributed by atoms with van der Waals surface area (Å²) in [5.74, 6) is -1.57. The van der Waals surface area contributed by atoms with Gasteiger partial charge in [0.25, 0.3) is 5.92 Å². The van der Waals surface area contributed by atoms with Gasteiger partial charge < -0.3 is 15.7 Å². The summed E-state index contributed by atoms with van der Waals surface area (Å²) in [5.41, 5.74) is 0.688. The Kier molecular flexibility index (Phi) is 5.41. The molecule has 19 heavy (non-hydrogen) atoms. The number of nitrogens with zero attached hydrogens (tertiary/aromatic N) is 2. The van der Waals surface area contributed by atoms with E-state index in [0.717, 1.165) is 0 Å². The number of anilines is 2. The van der Waals surface area contributed by atoms with Crippen LogP contribution < -0.4 is 10.6 Å². The van der Waals surface area contributed by atoms with E-state index in [-0.39, 0.29) is 0 Å². The number of halogens is 2. The number of aryl methyl sites for hydroxylation is 1. The maximum atomic E-state index is 13.0. The van der Waals surface area contributed by atoms with E-state index in [9.17, 15) is 8.78 Å². The van der Waals surface area contributed by atoms with Gasteiger partial charge in [-0.25, -0.2) is 18.7 Å². The fourth-order valence-corrected chi connectivity index (χ4v) is 1.50. The van der Waals surface area contributed by atoms with Gasteiger partial charge in [0.05, 0.1) is 6.54 Å². The molecular weight excluding hydrogens is 254 g/mol. The topological polar surface area (TPSA) is 70.1 Å². The summed E-state index contributed by atoms with van der Waals surface area (Å²) in [7, 11) is 0. The van der Waals surface area contributed by atoms with E-state index in [1.807, 2.05) is 13.8 Å². The first-order valence-corrected chi connectivity index (χ1v) is 6.27. The first kappa shape index (κ1) is 15.6. The Bertz CT molecular complexity index is 426. The highest BCUT2D eigenvalue weighted by atomic mass is 19.3. The van der Waals surface area contributed by atoms with E-state index < -0.39 is 19.1 Å². The molecule has 0 saturated heterocycles. The lowest BCUT2D eigenvalue weighted by Gasteiger charge is -2.17. The number of aliphatic hydroxyl groups is 1. The van der Waals surface area contributed by atoms with Crippen molar-refractivity contribution in [3.63, 3.8) is 0 Å². The minimum absolute atomic E-state index is 0.371. The van der Waals surface area contributed by atoms with Gasteiger partial charge in [0.1, 0.15) is 24.1 Å². The van der Waals surface area contributed by atoms with Gasteiger partial charge in [-0.15, -0.1) is 0 Å². The first-order chi connectivity index (χ1) is 8.93. The summed E-state index contributed by atoms with van der Waals surface area (Å²) in [6.07, 6.45) is 0.615. The van der Waals surface area contributed by atoms with Gasteiger partial charge in [0.2, 0.25) is 0 Å². The molecule has 0 unspecified atom stereocenters. The van der Waals surface area contributed by atoms with E-state index in [0.29, 0.717) is 36.0 Å². The molecule has 0 fully saturated rings. The highest BCUT2D eigenvalue weighted by molar-refractivity contribution is 5.57. The molecule has 0 spiro atoms. The van der Waals surface area contributed by atoms with Crippen LogP contribution in [0.3, 0.4) is 0 Å². The van der Waals surface area contributed by atoms with Gasteiger partial charge in [-0.2, -0.15) is 0 Å². The number of alkyl halides is 2. The molecule has 0 aliphatic rings. The third kappa shape index (κ3) is 4.27. The molecular formula is C12H20F2N4O. The van der Waals surface area contributed by atoms with Gasteiger partial charge in [0.15, 0.2) is 0 Å². The molecule has 0 atom stereocenters. The monoisotopic (exact) mass is 274 g/mol. The summed E-state index contributed by atoms with van der Waals surface area (Å²) in [6.45, 7) is 4.43. The van der Waals surface area contributed by atoms with Crippen molar-refractivity contribution < 1.29 is 13.9 Å². The minimum Gasteiger partial charge on any atom is -0.390 e. The third-order valence-electron chi connectivity index (χ3n) is 2.60. The normalized spacial score (nSPS) is 11.5. The Balaban J connectivity index is 2.95. The molecule has 0 bridgehead atoms. The van der Waals surface area contributed by atoms with Gasteiger partial charge in [-0.3, -0.25) is 0 Å². The van der Waals surface area contributed by atoms with E-state index >= 15 is 0 Å². The molecule has 1 rings (SSSR count). The highest BCUT2D eigenvalue weighted by Crippen LogP contribution is 2.21. The summed E-state index contributed by atoms with van der Waals surface area (Å²) < 4.78 is 26.1. The number of aromatic nitrogens is 2. The second kappa shape index (κ2) is 6.60. The van der Waals surface area contributed by atoms with Crippen molar-refractivity contribution in [2.24, 2.45) is 0 Å². The molecule has 0 aromatic carbocycles. The summed E-state index contributed by atoms with van der Waals surface area (Å²) in [6, 6.07) is 0. The largest absolute Gasteiger partial charge is 0.390 e. The van der Waals surface area contributed by atoms with Crippen LogP contribution in [0.25, 0.3) is 0 Å². The Morgan fingerprint density at radius 1 is 1.16 bits per heavy atom. The Hall–Kier alpha value is -1.50. The lowest BCUT2D eigenvalue weighted by atomic mass is 10.2. The van der Waals surface area contributed by atoms with Crippen LogP contribution in [-0.2, 0) is 6.42 Å². The van der Waals surface area contributed by atoms with Crippen molar-refractivity contribution in [3.8, 4) is 0 Å². The highest BCUT2D eigenvalue weighted by Gasteiger charge is 2.28. The predicted molar refractivity (Wildman–Crippen MR) is 70.8 cm³/mol. The molecule has 1 aromatic heterocycles. The quantitative estimate of drug-likeness (QED) is 0.707. The zero-order valence-corrected chi connectivity index (χ0v) is 11.4. The first-order valence-electron chi connectivity index (χ1n) is 6.27. The van der Waals surface area contributed by atoms with Crippen LogP contribution in [0.2, 0.25) is 0 Å². The van der Waals surface area contributed by atoms with Crippen molar-refractivity contribution in [2.45, 2.75) is 33.1 Å². The second-order valence-corrected chi connectivity index (χ2v) is 4.21. The van der Waals surface area contributed by atoms with Crippen LogP contribution >= 0.6 is 0 Å². The van der Waals surface area contributed by atoms with Gasteiger partial charge in [-0.1, -0.05) is 6.92 Å². The molecule has 7 heteroatoms. The van der Waals surface area contributed by atoms with Crippen molar-refractivity contribution in [3.05, 3.63) is 11.4 Å². The molecule has 3 N–H and O–H groups in total. The summed E-state index contributed by atoms with van der Waals surface area (Å²) in [5, 5.41) is 14.2. The number of hydrogen-bond donors (Lipinski definition) is 3. The van der Waals surface area contributed by atoms with Gasteiger partial charge in [-0.05, 0) is 13.8 Å². The average molecular weight is 274 g/mol. The van der Waals surface area contributed by atoms with Crippen LogP contribution in [-0.4, -0.2) is 40.7 Å². The van der Waals surface area contributed by atoms with Crippen molar-refractivity contribution in [2.75, 3.05) is 30.3 Å². The molecule has 1 aromatic rings. The number of nitrogens with one attached hydrogen (secondary N) is 2. The van der Waals surface area contributed by atoms with Crippen LogP contribution in [0.15, 0.2) is 0 Å². The Labute approximate surface area is 111 Å². The van der Waals surface area contributed by atoms with Crippen molar-refractivity contribution in [1.82, 2.24) is 9.97 Å². The van der Waals surface area contributed by atoms with Crippen LogP contribution in [0.5, 0.6) is 0 Å². The molecule has 0 saturated carbocycles. The SMILES string of the molecule is CCNc1nc(CC)nc(NCC(F)(F)CO)c1C. The lowest BCUT2D eigenvalue weighted by Crippen LogP contribution is -2.31. The van der Waals surface area contributed by atoms with E-state index in [1.54, 1.807) is 6.92 Å². The minimum atomic E-state index is -3.16. The van der Waals surface area contributed by atoms with Gasteiger partial charge >= 0.3 is 0 Å². The third-order valence-corrected chi connectivity index (χ3v) is 2.60. The van der Waals surface area contributed by atoms with Crippen LogP contribution in [0.1, 0.15) is 25.2 Å². The summed E-state index contributed by atoms with van der Waals surface area (Å²) >= 11 is 0. The fraction of sp³-hybridized carbons (Fsp3) is 0.667. The predicted octanol–water partition coefficient (Wildman–Crippen LogP) is 1.82. The smallest absolute Gasteiger partial charge is 0.287 e. The fourth-order valence-electron chi connectivity index (χ4n) is 1.50. The molecule has 0 radical (unpaired) electrons. The summed E-state index contributed by atoms with van der Waals surface area (Å²) in [4.78, 5) is 8.50. The maximum absolute atomic E-state index is 13.0. The van der Waals surface area contributed by atoms with Crippen molar-refractivity contribution in [1.29, 1.82) is 0 Å². The molecule has 0 aliphatic carbocycles. The zero-order valence-electron chi connectivity index (χ0n) is 11.4.